The number of nitrogens with one attached hydrogen (secondary N) is 1. The number of carbonyl (C=O) groups excluding carboxylic acids is 1. The summed E-state index contributed by atoms with van der Waals surface area (Å²) >= 11 is 0. The SMILES string of the molecule is CC/C=C\C/C=C\C/C=C\C/C=C\C/C=C\C/C=C\C/C=C\C/C=C\CCCCCCCCCCCCCCCCCCC(=O)NC(COP(=O)(O)OCC[N+](C)(C)C)C(O)/C=C/CC/C=C/CCCCCCCCCCCCCCCCCCCCCCCCC. The molecule has 0 bridgehead atoms. The minimum atomic E-state index is -4.37. The molecule has 0 rings (SSSR count). The highest BCUT2D eigenvalue weighted by Crippen LogP contribution is 2.43. The molecule has 0 aromatic rings. The Morgan fingerprint density at radius 3 is 1.00 bits per heavy atom. The molecule has 92 heavy (non-hydrogen) atoms. The molecule has 0 heterocycles. The molecule has 8 nitrogen and oxygen atoms in total. The van der Waals surface area contributed by atoms with Crippen LogP contribution in [-0.4, -0.2) is 73.4 Å². The van der Waals surface area contributed by atoms with Gasteiger partial charge in [0, 0.05) is 6.42 Å². The third-order valence-corrected chi connectivity index (χ3v) is 18.1. The summed E-state index contributed by atoms with van der Waals surface area (Å²) in [5.41, 5.74) is 0. The summed E-state index contributed by atoms with van der Waals surface area (Å²) in [6.45, 7) is 4.71. The van der Waals surface area contributed by atoms with E-state index in [9.17, 15) is 19.4 Å². The van der Waals surface area contributed by atoms with Crippen LogP contribution in [0.25, 0.3) is 0 Å². The first-order valence-corrected chi connectivity index (χ1v) is 40.4. The van der Waals surface area contributed by atoms with E-state index in [0.717, 1.165) is 89.9 Å². The quantitative estimate of drug-likeness (QED) is 0.0243. The molecule has 3 N–H and O–H groups in total. The number of phosphoric ester groups is 1. The van der Waals surface area contributed by atoms with E-state index in [1.807, 2.05) is 27.2 Å². The third-order valence-electron chi connectivity index (χ3n) is 17.2. The molecule has 0 aromatic heterocycles. The Hall–Kier alpha value is -3.10. The maximum atomic E-state index is 13.1. The molecule has 0 aliphatic carbocycles. The molecular weight excluding hydrogens is 1150 g/mol. The molecule has 1 amide bonds. The van der Waals surface area contributed by atoms with E-state index >= 15 is 0 Å². The van der Waals surface area contributed by atoms with Crippen LogP contribution in [0.1, 0.15) is 348 Å². The number of allylic oxidation sites excluding steroid dienone is 19. The molecule has 3 unspecified atom stereocenters. The Morgan fingerprint density at radius 2 is 0.663 bits per heavy atom. The van der Waals surface area contributed by atoms with Gasteiger partial charge in [-0.15, -0.1) is 0 Å². The summed E-state index contributed by atoms with van der Waals surface area (Å²) in [5.74, 6) is -0.186. The zero-order chi connectivity index (χ0) is 66.9. The van der Waals surface area contributed by atoms with Gasteiger partial charge in [0.15, 0.2) is 0 Å². The molecule has 9 heteroatoms. The number of quaternary nitrogens is 1. The standard InChI is InChI=1S/C83H149N2O6P/c1-6-8-10-12-14-16-18-20-22-24-26-28-30-32-34-36-37-38-39-40-41-42-43-44-45-46-47-49-51-53-55-57-59-61-63-65-67-69-71-73-75-77-83(87)84-81(80-91-92(88,89)90-79-78-85(3,4)5)82(86)76-74-72-70-68-66-64-62-60-58-56-54-52-50-48-35-33-31-29-27-25-23-21-19-17-15-13-11-9-7-2/h8,10,14,16,20,22,26,28,32,34,37-38,40-41,43-44,66,68,74,76,81-82,86H,6-7,9,11-13,15,17-19,21,23-25,27,29-31,33,35-36,39,42,45-65,67,69-73,75,77-80H2,1-5H3,(H-,84,87,88,89)/p+1/b10-8-,16-14-,22-20-,28-26-,34-32-,38-37-,41-40-,44-43-,68-66+,76-74+. The van der Waals surface area contributed by atoms with Gasteiger partial charge in [-0.25, -0.2) is 4.57 Å². The fourth-order valence-corrected chi connectivity index (χ4v) is 11.9. The van der Waals surface area contributed by atoms with E-state index in [1.165, 1.54) is 238 Å². The summed E-state index contributed by atoms with van der Waals surface area (Å²) in [6, 6.07) is -0.871. The Balaban J connectivity index is 4.04. The van der Waals surface area contributed by atoms with Crippen molar-refractivity contribution in [3.8, 4) is 0 Å². The Bertz CT molecular complexity index is 1920. The first-order valence-electron chi connectivity index (χ1n) is 38.9. The van der Waals surface area contributed by atoms with Gasteiger partial charge in [0.05, 0.1) is 39.9 Å². The van der Waals surface area contributed by atoms with Crippen molar-refractivity contribution < 1.29 is 32.9 Å². The molecule has 0 aromatic carbocycles. The van der Waals surface area contributed by atoms with Crippen LogP contribution in [0, 0.1) is 0 Å². The molecule has 0 radical (unpaired) electrons. The van der Waals surface area contributed by atoms with Gasteiger partial charge in [-0.1, -0.05) is 367 Å². The van der Waals surface area contributed by atoms with Gasteiger partial charge >= 0.3 is 7.82 Å². The Kier molecular flexibility index (Phi) is 69.7. The minimum Gasteiger partial charge on any atom is -0.387 e. The summed E-state index contributed by atoms with van der Waals surface area (Å²) < 4.78 is 23.8. The first-order chi connectivity index (χ1) is 45.0. The van der Waals surface area contributed by atoms with E-state index in [0.29, 0.717) is 17.4 Å². The van der Waals surface area contributed by atoms with Crippen LogP contribution in [0.3, 0.4) is 0 Å². The monoisotopic (exact) mass is 1300 g/mol. The molecule has 0 saturated heterocycles. The number of phosphoric acid groups is 1. The molecule has 0 aliphatic rings. The van der Waals surface area contributed by atoms with Gasteiger partial charge in [0.2, 0.25) is 5.91 Å². The molecule has 0 fully saturated rings. The second-order valence-electron chi connectivity index (χ2n) is 27.3. The molecule has 0 spiro atoms. The maximum Gasteiger partial charge on any atom is 0.472 e. The lowest BCUT2D eigenvalue weighted by atomic mass is 10.0. The zero-order valence-electron chi connectivity index (χ0n) is 61.0. The van der Waals surface area contributed by atoms with Gasteiger partial charge in [-0.3, -0.25) is 13.8 Å². The van der Waals surface area contributed by atoms with Gasteiger partial charge in [0.1, 0.15) is 13.2 Å². The molecule has 532 valence electrons. The number of aliphatic hydroxyl groups is 1. The van der Waals surface area contributed by atoms with Crippen LogP contribution in [-0.2, 0) is 18.4 Å². The van der Waals surface area contributed by atoms with Crippen LogP contribution >= 0.6 is 7.82 Å². The lowest BCUT2D eigenvalue weighted by Crippen LogP contribution is -2.45. The van der Waals surface area contributed by atoms with Crippen molar-refractivity contribution in [1.29, 1.82) is 0 Å². The predicted molar refractivity (Wildman–Crippen MR) is 405 cm³/mol. The van der Waals surface area contributed by atoms with E-state index in [-0.39, 0.29) is 19.1 Å². The Labute approximate surface area is 571 Å². The van der Waals surface area contributed by atoms with Crippen LogP contribution < -0.4 is 5.32 Å². The van der Waals surface area contributed by atoms with Crippen LogP contribution in [0.5, 0.6) is 0 Å². The number of unbranched alkanes of at least 4 members (excludes halogenated alkanes) is 40. The highest BCUT2D eigenvalue weighted by atomic mass is 31.2. The van der Waals surface area contributed by atoms with E-state index in [4.69, 9.17) is 9.05 Å². The summed E-state index contributed by atoms with van der Waals surface area (Å²) in [7, 11) is 1.56. The molecule has 3 atom stereocenters. The number of amides is 1. The van der Waals surface area contributed by atoms with E-state index in [2.05, 4.69) is 129 Å². The van der Waals surface area contributed by atoms with Gasteiger partial charge in [0.25, 0.3) is 0 Å². The van der Waals surface area contributed by atoms with Crippen molar-refractivity contribution in [2.24, 2.45) is 0 Å². The second kappa shape index (κ2) is 72.2. The van der Waals surface area contributed by atoms with Crippen molar-refractivity contribution in [2.75, 3.05) is 40.9 Å². The van der Waals surface area contributed by atoms with Crippen LogP contribution in [0.4, 0.5) is 0 Å². The smallest absolute Gasteiger partial charge is 0.387 e. The predicted octanol–water partition coefficient (Wildman–Crippen LogP) is 25.6. The normalized spacial score (nSPS) is 14.2. The fraction of sp³-hybridized carbons (Fsp3) is 0.747. The Morgan fingerprint density at radius 1 is 0.380 bits per heavy atom. The van der Waals surface area contributed by atoms with Crippen molar-refractivity contribution in [2.45, 2.75) is 360 Å². The van der Waals surface area contributed by atoms with Crippen molar-refractivity contribution in [3.63, 3.8) is 0 Å². The van der Waals surface area contributed by atoms with Gasteiger partial charge in [-0.05, 0) is 96.3 Å². The van der Waals surface area contributed by atoms with Crippen molar-refractivity contribution in [1.82, 2.24) is 5.32 Å². The molecule has 0 aliphatic heterocycles. The first kappa shape index (κ1) is 88.9. The number of hydrogen-bond donors (Lipinski definition) is 3. The summed E-state index contributed by atoms with van der Waals surface area (Å²) in [6.07, 6.45) is 108. The highest BCUT2D eigenvalue weighted by molar-refractivity contribution is 7.47. The summed E-state index contributed by atoms with van der Waals surface area (Å²) in [4.78, 5) is 23.5. The number of carbonyl (C=O) groups is 1. The number of nitrogens with zero attached hydrogens (tertiary/aromatic N) is 1. The van der Waals surface area contributed by atoms with Crippen molar-refractivity contribution in [3.05, 3.63) is 122 Å². The third kappa shape index (κ3) is 74.3. The topological polar surface area (TPSA) is 105 Å². The summed E-state index contributed by atoms with van der Waals surface area (Å²) in [5, 5.41) is 14.0. The highest BCUT2D eigenvalue weighted by Gasteiger charge is 2.28. The maximum absolute atomic E-state index is 13.1. The van der Waals surface area contributed by atoms with Gasteiger partial charge < -0.3 is 19.8 Å². The average Bonchev–Trinajstić information content (AvgIpc) is 2.63. The van der Waals surface area contributed by atoms with E-state index < -0.39 is 20.0 Å². The fourth-order valence-electron chi connectivity index (χ4n) is 11.2. The lowest BCUT2D eigenvalue weighted by Gasteiger charge is -2.25. The van der Waals surface area contributed by atoms with Crippen LogP contribution in [0.15, 0.2) is 122 Å². The minimum absolute atomic E-state index is 0.0531. The molecular formula is C83H150N2O6P+. The average molecular weight is 1300 g/mol. The number of aliphatic hydroxyl groups excluding tert-OH is 1. The second-order valence-corrected chi connectivity index (χ2v) is 28.8. The van der Waals surface area contributed by atoms with Crippen LogP contribution in [0.2, 0.25) is 0 Å². The number of hydrogen-bond acceptors (Lipinski definition) is 5. The largest absolute Gasteiger partial charge is 0.472 e. The number of likely N-dealkylation sites (N-methyl/N-ethyl adjacent to an activating group) is 1. The number of rotatable bonds is 71. The van der Waals surface area contributed by atoms with Crippen molar-refractivity contribution >= 4 is 13.7 Å². The van der Waals surface area contributed by atoms with E-state index in [1.54, 1.807) is 6.08 Å². The zero-order valence-corrected chi connectivity index (χ0v) is 61.9. The van der Waals surface area contributed by atoms with Gasteiger partial charge in [-0.2, -0.15) is 0 Å². The molecule has 0 saturated carbocycles. The lowest BCUT2D eigenvalue weighted by molar-refractivity contribution is -0.870.